The number of hydrogen-bond acceptors (Lipinski definition) is 5. The average Bonchev–Trinajstić information content (AvgIpc) is 2.89. The standard InChI is InChI=1S/C12H14N6O.ClH/c1-8(2)6-19-11-4-3-9(12(13)14)5-10(11)18-7-15-16-17-18;/h3-5,7H,1,6H2,2H3,(H3,13,14);1H. The fourth-order valence-electron chi connectivity index (χ4n) is 1.46. The van der Waals surface area contributed by atoms with Crippen LogP contribution in [-0.4, -0.2) is 32.6 Å². The summed E-state index contributed by atoms with van der Waals surface area (Å²) >= 11 is 0. The van der Waals surface area contributed by atoms with Gasteiger partial charge in [-0.05, 0) is 41.1 Å². The van der Waals surface area contributed by atoms with Gasteiger partial charge in [0.25, 0.3) is 0 Å². The Morgan fingerprint density at radius 3 is 2.80 bits per heavy atom. The van der Waals surface area contributed by atoms with Gasteiger partial charge in [-0.15, -0.1) is 17.5 Å². The van der Waals surface area contributed by atoms with Crippen molar-refractivity contribution in [2.45, 2.75) is 6.92 Å². The molecule has 0 unspecified atom stereocenters. The molecule has 0 saturated carbocycles. The largest absolute Gasteiger partial charge is 0.487 e. The third kappa shape index (κ3) is 3.55. The first-order valence-corrected chi connectivity index (χ1v) is 5.57. The zero-order valence-corrected chi connectivity index (χ0v) is 11.7. The summed E-state index contributed by atoms with van der Waals surface area (Å²) in [4.78, 5) is 0. The van der Waals surface area contributed by atoms with Crippen molar-refractivity contribution in [3.8, 4) is 11.4 Å². The highest BCUT2D eigenvalue weighted by Gasteiger charge is 2.10. The summed E-state index contributed by atoms with van der Waals surface area (Å²) in [5, 5.41) is 18.4. The Morgan fingerprint density at radius 2 is 2.25 bits per heavy atom. The highest BCUT2D eigenvalue weighted by atomic mass is 35.5. The van der Waals surface area contributed by atoms with Gasteiger partial charge >= 0.3 is 0 Å². The number of hydrogen-bond donors (Lipinski definition) is 2. The van der Waals surface area contributed by atoms with Gasteiger partial charge in [-0.1, -0.05) is 6.58 Å². The molecule has 0 aliphatic rings. The molecule has 0 bridgehead atoms. The van der Waals surface area contributed by atoms with Gasteiger partial charge in [0.05, 0.1) is 0 Å². The molecule has 8 heteroatoms. The Balaban J connectivity index is 0.00000200. The molecule has 0 atom stereocenters. The highest BCUT2D eigenvalue weighted by Crippen LogP contribution is 2.23. The third-order valence-corrected chi connectivity index (χ3v) is 2.34. The summed E-state index contributed by atoms with van der Waals surface area (Å²) in [7, 11) is 0. The van der Waals surface area contributed by atoms with E-state index in [4.69, 9.17) is 15.9 Å². The lowest BCUT2D eigenvalue weighted by molar-refractivity contribution is 0.350. The lowest BCUT2D eigenvalue weighted by Gasteiger charge is -2.12. The lowest BCUT2D eigenvalue weighted by Crippen LogP contribution is -2.12. The fraction of sp³-hybridized carbons (Fsp3) is 0.167. The van der Waals surface area contributed by atoms with Gasteiger partial charge < -0.3 is 10.5 Å². The lowest BCUT2D eigenvalue weighted by atomic mass is 10.1. The van der Waals surface area contributed by atoms with E-state index < -0.39 is 0 Å². The van der Waals surface area contributed by atoms with E-state index in [-0.39, 0.29) is 18.2 Å². The number of benzene rings is 1. The molecule has 20 heavy (non-hydrogen) atoms. The Kier molecular flexibility index (Phi) is 5.22. The van der Waals surface area contributed by atoms with E-state index in [1.165, 1.54) is 11.0 Å². The van der Waals surface area contributed by atoms with Crippen LogP contribution in [0.3, 0.4) is 0 Å². The molecule has 0 fully saturated rings. The monoisotopic (exact) mass is 294 g/mol. The van der Waals surface area contributed by atoms with Crippen molar-refractivity contribution in [1.29, 1.82) is 5.41 Å². The molecule has 0 amide bonds. The first-order chi connectivity index (χ1) is 9.08. The van der Waals surface area contributed by atoms with Crippen LogP contribution in [0, 0.1) is 5.41 Å². The highest BCUT2D eigenvalue weighted by molar-refractivity contribution is 5.95. The van der Waals surface area contributed by atoms with Crippen molar-refractivity contribution >= 4 is 18.2 Å². The van der Waals surface area contributed by atoms with E-state index in [2.05, 4.69) is 22.1 Å². The number of aromatic nitrogens is 4. The van der Waals surface area contributed by atoms with Crippen molar-refractivity contribution in [2.24, 2.45) is 5.73 Å². The van der Waals surface area contributed by atoms with Crippen LogP contribution in [0.1, 0.15) is 12.5 Å². The Bertz CT molecular complexity index is 610. The van der Waals surface area contributed by atoms with Gasteiger partial charge in [0.15, 0.2) is 0 Å². The quantitative estimate of drug-likeness (QED) is 0.492. The first-order valence-electron chi connectivity index (χ1n) is 5.57. The minimum atomic E-state index is -0.0271. The van der Waals surface area contributed by atoms with E-state index in [0.29, 0.717) is 23.6 Å². The number of nitrogens with two attached hydrogens (primary N) is 1. The summed E-state index contributed by atoms with van der Waals surface area (Å²) < 4.78 is 7.09. The van der Waals surface area contributed by atoms with E-state index in [0.717, 1.165) is 5.57 Å². The summed E-state index contributed by atoms with van der Waals surface area (Å²) in [6.07, 6.45) is 1.45. The van der Waals surface area contributed by atoms with E-state index in [1.54, 1.807) is 18.2 Å². The van der Waals surface area contributed by atoms with E-state index in [9.17, 15) is 0 Å². The van der Waals surface area contributed by atoms with Crippen LogP contribution in [0.2, 0.25) is 0 Å². The first kappa shape index (κ1) is 15.6. The molecule has 0 spiro atoms. The fourth-order valence-corrected chi connectivity index (χ4v) is 1.46. The molecule has 1 aromatic carbocycles. The maximum absolute atomic E-state index is 7.46. The molecule has 0 radical (unpaired) electrons. The predicted octanol–water partition coefficient (Wildman–Crippen LogP) is 1.32. The van der Waals surface area contributed by atoms with Crippen LogP contribution in [0.4, 0.5) is 0 Å². The summed E-state index contributed by atoms with van der Waals surface area (Å²) in [6.45, 7) is 6.06. The van der Waals surface area contributed by atoms with Crippen molar-refractivity contribution in [1.82, 2.24) is 20.2 Å². The summed E-state index contributed by atoms with van der Waals surface area (Å²) in [6, 6.07) is 5.15. The molecular formula is C12H15ClN6O. The molecule has 2 aromatic rings. The normalized spacial score (nSPS) is 9.65. The SMILES string of the molecule is C=C(C)COc1ccc(C(=N)N)cc1-n1cnnn1.Cl. The number of halogens is 1. The second kappa shape index (κ2) is 6.67. The van der Waals surface area contributed by atoms with Crippen molar-refractivity contribution < 1.29 is 4.74 Å². The molecule has 3 N–H and O–H groups in total. The van der Waals surface area contributed by atoms with Gasteiger partial charge in [0.2, 0.25) is 0 Å². The van der Waals surface area contributed by atoms with E-state index >= 15 is 0 Å². The number of nitrogens with one attached hydrogen (secondary N) is 1. The van der Waals surface area contributed by atoms with Gasteiger partial charge in [-0.3, -0.25) is 5.41 Å². The molecule has 0 aliphatic carbocycles. The minimum absolute atomic E-state index is 0. The van der Waals surface area contributed by atoms with Gasteiger partial charge in [-0.2, -0.15) is 4.68 Å². The van der Waals surface area contributed by atoms with Crippen molar-refractivity contribution in [3.63, 3.8) is 0 Å². The maximum atomic E-state index is 7.46. The zero-order valence-electron chi connectivity index (χ0n) is 10.9. The molecule has 1 aromatic heterocycles. The second-order valence-corrected chi connectivity index (χ2v) is 4.10. The predicted molar refractivity (Wildman–Crippen MR) is 77.7 cm³/mol. The number of nitrogen functional groups attached to an aromatic ring is 1. The maximum Gasteiger partial charge on any atom is 0.145 e. The molecule has 1 heterocycles. The van der Waals surface area contributed by atoms with Gasteiger partial charge in [0.1, 0.15) is 30.2 Å². The number of rotatable bonds is 5. The van der Waals surface area contributed by atoms with Crippen molar-refractivity contribution in [2.75, 3.05) is 6.61 Å². The molecule has 2 rings (SSSR count). The van der Waals surface area contributed by atoms with Crippen LogP contribution >= 0.6 is 12.4 Å². The third-order valence-electron chi connectivity index (χ3n) is 2.34. The number of nitrogens with zero attached hydrogens (tertiary/aromatic N) is 4. The molecule has 0 aliphatic heterocycles. The summed E-state index contributed by atoms with van der Waals surface area (Å²) in [5.74, 6) is 0.570. The zero-order chi connectivity index (χ0) is 13.8. The summed E-state index contributed by atoms with van der Waals surface area (Å²) in [5.41, 5.74) is 7.58. The topological polar surface area (TPSA) is 103 Å². The van der Waals surface area contributed by atoms with Crippen LogP contribution in [0.5, 0.6) is 5.75 Å². The second-order valence-electron chi connectivity index (χ2n) is 4.10. The molecule has 0 saturated heterocycles. The van der Waals surface area contributed by atoms with E-state index in [1.807, 2.05) is 6.92 Å². The van der Waals surface area contributed by atoms with Crippen LogP contribution in [0.25, 0.3) is 5.69 Å². The minimum Gasteiger partial charge on any atom is -0.487 e. The number of tetrazole rings is 1. The number of ether oxygens (including phenoxy) is 1. The number of amidine groups is 1. The van der Waals surface area contributed by atoms with Crippen LogP contribution in [0.15, 0.2) is 36.7 Å². The molecule has 7 nitrogen and oxygen atoms in total. The van der Waals surface area contributed by atoms with Crippen LogP contribution < -0.4 is 10.5 Å². The van der Waals surface area contributed by atoms with Gasteiger partial charge in [-0.25, -0.2) is 0 Å². The Hall–Kier alpha value is -2.41. The van der Waals surface area contributed by atoms with Crippen molar-refractivity contribution in [3.05, 3.63) is 42.2 Å². The smallest absolute Gasteiger partial charge is 0.145 e. The average molecular weight is 295 g/mol. The Morgan fingerprint density at radius 1 is 1.50 bits per heavy atom. The molecular weight excluding hydrogens is 280 g/mol. The Labute approximate surface area is 122 Å². The van der Waals surface area contributed by atoms with Gasteiger partial charge in [0, 0.05) is 5.56 Å². The molecule has 106 valence electrons. The van der Waals surface area contributed by atoms with Crippen LogP contribution in [-0.2, 0) is 0 Å².